The van der Waals surface area contributed by atoms with Crippen LogP contribution >= 0.6 is 0 Å². The molecule has 22 heavy (non-hydrogen) atoms. The standard InChI is InChI=1S/C17H13F3N2/c18-17(19,20)15-10-5-1-4-8-14(10)22-16-11-6-2-3-7-13(11)21-9-12(15)16/h2-3,6-7,9H,1,4-5,8H2. The van der Waals surface area contributed by atoms with Gasteiger partial charge in [0.15, 0.2) is 0 Å². The molecule has 4 rings (SSSR count). The highest BCUT2D eigenvalue weighted by Crippen LogP contribution is 2.41. The van der Waals surface area contributed by atoms with Gasteiger partial charge in [-0.25, -0.2) is 0 Å². The highest BCUT2D eigenvalue weighted by molar-refractivity contribution is 6.04. The molecule has 2 aromatic heterocycles. The fourth-order valence-electron chi connectivity index (χ4n) is 3.33. The van der Waals surface area contributed by atoms with Gasteiger partial charge in [-0.2, -0.15) is 13.2 Å². The second-order valence-electron chi connectivity index (χ2n) is 5.65. The molecular formula is C17H13F3N2. The fraction of sp³-hybridized carbons (Fsp3) is 0.294. The number of alkyl halides is 3. The molecule has 2 nitrogen and oxygen atoms in total. The van der Waals surface area contributed by atoms with Gasteiger partial charge in [0, 0.05) is 22.7 Å². The van der Waals surface area contributed by atoms with Gasteiger partial charge in [0.05, 0.1) is 16.6 Å². The molecular weight excluding hydrogens is 289 g/mol. The topological polar surface area (TPSA) is 25.8 Å². The first-order valence-corrected chi connectivity index (χ1v) is 7.32. The minimum absolute atomic E-state index is 0.117. The molecule has 1 aliphatic carbocycles. The van der Waals surface area contributed by atoms with E-state index in [0.717, 1.165) is 12.8 Å². The van der Waals surface area contributed by atoms with E-state index in [1.165, 1.54) is 6.20 Å². The molecule has 2 heterocycles. The Morgan fingerprint density at radius 1 is 0.955 bits per heavy atom. The van der Waals surface area contributed by atoms with Crippen molar-refractivity contribution in [2.24, 2.45) is 0 Å². The third-order valence-corrected chi connectivity index (χ3v) is 4.29. The molecule has 0 spiro atoms. The molecule has 1 aromatic carbocycles. The van der Waals surface area contributed by atoms with Crippen molar-refractivity contribution in [3.05, 3.63) is 47.3 Å². The number of aryl methyl sites for hydroxylation is 1. The Bertz CT molecular complexity index is 884. The van der Waals surface area contributed by atoms with Gasteiger partial charge < -0.3 is 0 Å². The SMILES string of the molecule is FC(F)(F)c1c2c(nc3c1cnc1ccccc13)CCCC2. The van der Waals surface area contributed by atoms with Crippen molar-refractivity contribution < 1.29 is 13.2 Å². The summed E-state index contributed by atoms with van der Waals surface area (Å²) in [6, 6.07) is 7.21. The Balaban J connectivity index is 2.19. The third-order valence-electron chi connectivity index (χ3n) is 4.29. The number of benzene rings is 1. The van der Waals surface area contributed by atoms with E-state index >= 15 is 0 Å². The maximum absolute atomic E-state index is 13.7. The predicted molar refractivity (Wildman–Crippen MR) is 78.7 cm³/mol. The van der Waals surface area contributed by atoms with Gasteiger partial charge >= 0.3 is 6.18 Å². The first kappa shape index (κ1) is 13.5. The smallest absolute Gasteiger partial charge is 0.255 e. The van der Waals surface area contributed by atoms with E-state index in [0.29, 0.717) is 40.5 Å². The van der Waals surface area contributed by atoms with Crippen LogP contribution in [0.15, 0.2) is 30.5 Å². The number of fused-ring (bicyclic) bond motifs is 4. The summed E-state index contributed by atoms with van der Waals surface area (Å²) in [6.07, 6.45) is -0.323. The first-order valence-electron chi connectivity index (χ1n) is 7.32. The molecule has 0 saturated heterocycles. The van der Waals surface area contributed by atoms with Crippen LogP contribution in [0.3, 0.4) is 0 Å². The molecule has 0 atom stereocenters. The molecule has 0 unspecified atom stereocenters. The normalized spacial score (nSPS) is 15.2. The van der Waals surface area contributed by atoms with Crippen LogP contribution in [0, 0.1) is 0 Å². The van der Waals surface area contributed by atoms with Crippen LogP contribution in [0.2, 0.25) is 0 Å². The van der Waals surface area contributed by atoms with Gasteiger partial charge in [-0.1, -0.05) is 18.2 Å². The molecule has 0 bridgehead atoms. The quantitative estimate of drug-likeness (QED) is 0.563. The summed E-state index contributed by atoms with van der Waals surface area (Å²) in [5.74, 6) is 0. The summed E-state index contributed by atoms with van der Waals surface area (Å²) >= 11 is 0. The Morgan fingerprint density at radius 2 is 1.73 bits per heavy atom. The molecule has 112 valence electrons. The van der Waals surface area contributed by atoms with E-state index in [2.05, 4.69) is 9.97 Å². The lowest BCUT2D eigenvalue weighted by atomic mass is 9.89. The van der Waals surface area contributed by atoms with E-state index in [4.69, 9.17) is 0 Å². The molecule has 0 fully saturated rings. The molecule has 1 aliphatic rings. The van der Waals surface area contributed by atoms with Crippen LogP contribution in [-0.4, -0.2) is 9.97 Å². The maximum atomic E-state index is 13.7. The van der Waals surface area contributed by atoms with Crippen molar-refractivity contribution in [3.8, 4) is 0 Å². The number of halogens is 3. The highest BCUT2D eigenvalue weighted by Gasteiger charge is 2.38. The number of aromatic nitrogens is 2. The van der Waals surface area contributed by atoms with E-state index in [9.17, 15) is 13.2 Å². The van der Waals surface area contributed by atoms with Gasteiger partial charge in [0.1, 0.15) is 0 Å². The summed E-state index contributed by atoms with van der Waals surface area (Å²) in [7, 11) is 0. The van der Waals surface area contributed by atoms with Crippen molar-refractivity contribution in [3.63, 3.8) is 0 Å². The molecule has 0 saturated carbocycles. The van der Waals surface area contributed by atoms with Crippen molar-refractivity contribution in [1.29, 1.82) is 0 Å². The van der Waals surface area contributed by atoms with E-state index in [1.807, 2.05) is 6.07 Å². The number of rotatable bonds is 0. The minimum atomic E-state index is -4.38. The van der Waals surface area contributed by atoms with Crippen LogP contribution < -0.4 is 0 Å². The lowest BCUT2D eigenvalue weighted by Crippen LogP contribution is -2.17. The second-order valence-corrected chi connectivity index (χ2v) is 5.65. The number of hydrogen-bond acceptors (Lipinski definition) is 2. The van der Waals surface area contributed by atoms with Crippen molar-refractivity contribution in [2.75, 3.05) is 0 Å². The number of para-hydroxylation sites is 1. The largest absolute Gasteiger partial charge is 0.417 e. The Morgan fingerprint density at radius 3 is 2.55 bits per heavy atom. The second kappa shape index (κ2) is 4.66. The van der Waals surface area contributed by atoms with Gasteiger partial charge in [0.2, 0.25) is 0 Å². The Hall–Kier alpha value is -2.17. The van der Waals surface area contributed by atoms with Crippen LogP contribution in [-0.2, 0) is 19.0 Å². The summed E-state index contributed by atoms with van der Waals surface area (Å²) < 4.78 is 41.0. The number of hydrogen-bond donors (Lipinski definition) is 0. The number of pyridine rings is 2. The monoisotopic (exact) mass is 302 g/mol. The van der Waals surface area contributed by atoms with E-state index in [1.54, 1.807) is 18.2 Å². The fourth-order valence-corrected chi connectivity index (χ4v) is 3.33. The zero-order valence-corrected chi connectivity index (χ0v) is 11.7. The molecule has 0 amide bonds. The molecule has 0 aliphatic heterocycles. The van der Waals surface area contributed by atoms with Gasteiger partial charge in [-0.15, -0.1) is 0 Å². The predicted octanol–water partition coefficient (Wildman–Crippen LogP) is 4.68. The third kappa shape index (κ3) is 1.95. The lowest BCUT2D eigenvalue weighted by Gasteiger charge is -2.22. The summed E-state index contributed by atoms with van der Waals surface area (Å²) in [5.41, 5.74) is 1.51. The zero-order valence-electron chi connectivity index (χ0n) is 11.7. The van der Waals surface area contributed by atoms with Gasteiger partial charge in [-0.05, 0) is 37.3 Å². The number of nitrogens with zero attached hydrogens (tertiary/aromatic N) is 2. The van der Waals surface area contributed by atoms with Crippen LogP contribution in [0.5, 0.6) is 0 Å². The van der Waals surface area contributed by atoms with Crippen molar-refractivity contribution >= 4 is 21.8 Å². The van der Waals surface area contributed by atoms with Crippen molar-refractivity contribution in [2.45, 2.75) is 31.9 Å². The Kier molecular flexibility index (Phi) is 2.86. The summed E-state index contributed by atoms with van der Waals surface area (Å²) in [5, 5.41) is 0.797. The average molecular weight is 302 g/mol. The molecule has 0 N–H and O–H groups in total. The lowest BCUT2D eigenvalue weighted by molar-refractivity contribution is -0.137. The summed E-state index contributed by atoms with van der Waals surface area (Å²) in [6.45, 7) is 0. The van der Waals surface area contributed by atoms with E-state index in [-0.39, 0.29) is 5.39 Å². The van der Waals surface area contributed by atoms with Gasteiger partial charge in [-0.3, -0.25) is 9.97 Å². The van der Waals surface area contributed by atoms with Gasteiger partial charge in [0.25, 0.3) is 0 Å². The zero-order chi connectivity index (χ0) is 15.3. The van der Waals surface area contributed by atoms with Crippen LogP contribution in [0.25, 0.3) is 21.8 Å². The summed E-state index contributed by atoms with van der Waals surface area (Å²) in [4.78, 5) is 8.77. The highest BCUT2D eigenvalue weighted by atomic mass is 19.4. The average Bonchev–Trinajstić information content (AvgIpc) is 2.51. The minimum Gasteiger partial charge on any atom is -0.255 e. The Labute approximate surface area is 125 Å². The molecule has 3 aromatic rings. The van der Waals surface area contributed by atoms with Crippen LogP contribution in [0.1, 0.15) is 29.7 Å². The maximum Gasteiger partial charge on any atom is 0.417 e. The molecule has 0 radical (unpaired) electrons. The van der Waals surface area contributed by atoms with Crippen molar-refractivity contribution in [1.82, 2.24) is 9.97 Å². The first-order chi connectivity index (χ1) is 10.6. The van der Waals surface area contributed by atoms with Crippen LogP contribution in [0.4, 0.5) is 13.2 Å². The molecule has 5 heteroatoms. The van der Waals surface area contributed by atoms with E-state index < -0.39 is 11.7 Å².